The number of nitrogens with one attached hydrogen (secondary N) is 1. The largest absolute Gasteiger partial charge is 0.459 e. The van der Waals surface area contributed by atoms with E-state index in [0.717, 1.165) is 11.0 Å². The molecule has 3 rings (SSSR count). The van der Waals surface area contributed by atoms with Gasteiger partial charge in [-0.25, -0.2) is 8.42 Å². The Morgan fingerprint density at radius 1 is 1.08 bits per heavy atom. The van der Waals surface area contributed by atoms with Crippen LogP contribution in [0.25, 0.3) is 11.0 Å². The molecule has 0 aliphatic rings. The Balaban J connectivity index is 1.60. The van der Waals surface area contributed by atoms with Crippen LogP contribution in [0.3, 0.4) is 0 Å². The lowest BCUT2D eigenvalue weighted by Gasteiger charge is -2.11. The van der Waals surface area contributed by atoms with Gasteiger partial charge in [0.15, 0.2) is 9.84 Å². The molecule has 0 spiro atoms. The first-order valence-corrected chi connectivity index (χ1v) is 9.66. The first-order chi connectivity index (χ1) is 12.0. The molecule has 3 aromatic rings. The zero-order valence-corrected chi connectivity index (χ0v) is 14.6. The highest BCUT2D eigenvalue weighted by molar-refractivity contribution is 7.91. The molecule has 0 bridgehead atoms. The van der Waals surface area contributed by atoms with E-state index in [0.29, 0.717) is 5.76 Å². The molecule has 25 heavy (non-hydrogen) atoms. The molecule has 1 amide bonds. The van der Waals surface area contributed by atoms with Gasteiger partial charge in [0.1, 0.15) is 11.3 Å². The van der Waals surface area contributed by atoms with Crippen molar-refractivity contribution in [1.82, 2.24) is 5.32 Å². The summed E-state index contributed by atoms with van der Waals surface area (Å²) in [6.45, 7) is 1.81. The minimum absolute atomic E-state index is 0.0954. The number of hydrogen-bond donors (Lipinski definition) is 1. The number of carbonyl (C=O) groups is 1. The molecule has 1 N–H and O–H groups in total. The van der Waals surface area contributed by atoms with Gasteiger partial charge in [-0.1, -0.05) is 36.4 Å². The quantitative estimate of drug-likeness (QED) is 0.733. The number of benzene rings is 2. The van der Waals surface area contributed by atoms with Gasteiger partial charge >= 0.3 is 0 Å². The van der Waals surface area contributed by atoms with Gasteiger partial charge in [-0.05, 0) is 31.2 Å². The SMILES string of the molecule is C[C@H](NC(=O)CCS(=O)(=O)c1ccccc1)c1cc2ccccc2o1. The fourth-order valence-corrected chi connectivity index (χ4v) is 3.83. The van der Waals surface area contributed by atoms with Gasteiger partial charge in [0.05, 0.1) is 16.7 Å². The van der Waals surface area contributed by atoms with Crippen LogP contribution in [0.2, 0.25) is 0 Å². The number of fused-ring (bicyclic) bond motifs is 1. The van der Waals surface area contributed by atoms with Crippen molar-refractivity contribution in [2.75, 3.05) is 5.75 Å². The monoisotopic (exact) mass is 357 g/mol. The number of hydrogen-bond acceptors (Lipinski definition) is 4. The summed E-state index contributed by atoms with van der Waals surface area (Å²) in [7, 11) is -3.46. The normalized spacial score (nSPS) is 12.8. The lowest BCUT2D eigenvalue weighted by molar-refractivity contribution is -0.121. The smallest absolute Gasteiger partial charge is 0.221 e. The van der Waals surface area contributed by atoms with Crippen LogP contribution in [-0.4, -0.2) is 20.1 Å². The summed E-state index contributed by atoms with van der Waals surface area (Å²) in [5, 5.41) is 3.75. The first-order valence-electron chi connectivity index (χ1n) is 8.01. The lowest BCUT2D eigenvalue weighted by Crippen LogP contribution is -2.28. The average molecular weight is 357 g/mol. The predicted octanol–water partition coefficient (Wildman–Crippen LogP) is 3.47. The van der Waals surface area contributed by atoms with E-state index in [1.807, 2.05) is 30.3 Å². The summed E-state index contributed by atoms with van der Waals surface area (Å²) in [5.41, 5.74) is 0.755. The number of carbonyl (C=O) groups excluding carboxylic acids is 1. The van der Waals surface area contributed by atoms with Crippen molar-refractivity contribution < 1.29 is 17.6 Å². The second-order valence-electron chi connectivity index (χ2n) is 5.86. The summed E-state index contributed by atoms with van der Waals surface area (Å²) in [4.78, 5) is 12.3. The van der Waals surface area contributed by atoms with Crippen molar-refractivity contribution in [1.29, 1.82) is 0 Å². The van der Waals surface area contributed by atoms with E-state index in [2.05, 4.69) is 5.32 Å². The van der Waals surface area contributed by atoms with Crippen LogP contribution in [0.15, 0.2) is 70.0 Å². The summed E-state index contributed by atoms with van der Waals surface area (Å²) in [6.07, 6.45) is -0.0954. The maximum Gasteiger partial charge on any atom is 0.221 e. The molecule has 0 saturated heterocycles. The molecule has 5 nitrogen and oxygen atoms in total. The molecular weight excluding hydrogens is 338 g/mol. The van der Waals surface area contributed by atoms with Crippen molar-refractivity contribution in [3.63, 3.8) is 0 Å². The first kappa shape index (κ1) is 17.2. The highest BCUT2D eigenvalue weighted by atomic mass is 32.2. The Kier molecular flexibility index (Phi) is 4.90. The van der Waals surface area contributed by atoms with Gasteiger partial charge in [0.2, 0.25) is 5.91 Å². The maximum atomic E-state index is 12.2. The van der Waals surface area contributed by atoms with Crippen LogP contribution in [0.5, 0.6) is 0 Å². The minimum Gasteiger partial charge on any atom is -0.459 e. The van der Waals surface area contributed by atoms with Gasteiger partial charge in [0.25, 0.3) is 0 Å². The summed E-state index contributed by atoms with van der Waals surface area (Å²) in [5.74, 6) is 0.0864. The molecule has 0 aliphatic heterocycles. The van der Waals surface area contributed by atoms with E-state index in [-0.39, 0.29) is 29.0 Å². The molecule has 1 heterocycles. The number of rotatable bonds is 6. The topological polar surface area (TPSA) is 76.4 Å². The molecule has 1 atom stereocenters. The van der Waals surface area contributed by atoms with Crippen molar-refractivity contribution >= 4 is 26.7 Å². The molecule has 130 valence electrons. The van der Waals surface area contributed by atoms with Gasteiger partial charge in [-0.15, -0.1) is 0 Å². The Labute approximate surface area is 146 Å². The average Bonchev–Trinajstić information content (AvgIpc) is 3.05. The Hall–Kier alpha value is -2.60. The number of sulfone groups is 1. The second kappa shape index (κ2) is 7.11. The van der Waals surface area contributed by atoms with E-state index >= 15 is 0 Å². The Morgan fingerprint density at radius 2 is 1.76 bits per heavy atom. The third-order valence-corrected chi connectivity index (χ3v) is 5.68. The van der Waals surface area contributed by atoms with Crippen molar-refractivity contribution in [3.8, 4) is 0 Å². The van der Waals surface area contributed by atoms with Crippen molar-refractivity contribution in [2.45, 2.75) is 24.3 Å². The fraction of sp³-hybridized carbons (Fsp3) is 0.211. The minimum atomic E-state index is -3.46. The van der Waals surface area contributed by atoms with Crippen LogP contribution in [-0.2, 0) is 14.6 Å². The van der Waals surface area contributed by atoms with E-state index in [4.69, 9.17) is 4.42 Å². The van der Waals surface area contributed by atoms with E-state index in [1.165, 1.54) is 12.1 Å². The second-order valence-corrected chi connectivity index (χ2v) is 7.97. The molecule has 0 aliphatic carbocycles. The van der Waals surface area contributed by atoms with Gasteiger partial charge in [-0.3, -0.25) is 4.79 Å². The van der Waals surface area contributed by atoms with Crippen LogP contribution < -0.4 is 5.32 Å². The van der Waals surface area contributed by atoms with Gasteiger partial charge in [0, 0.05) is 11.8 Å². The van der Waals surface area contributed by atoms with Crippen LogP contribution in [0.1, 0.15) is 25.1 Å². The number of furan rings is 1. The van der Waals surface area contributed by atoms with E-state index in [1.54, 1.807) is 25.1 Å². The van der Waals surface area contributed by atoms with Crippen LogP contribution >= 0.6 is 0 Å². The molecule has 0 radical (unpaired) electrons. The molecule has 6 heteroatoms. The molecular formula is C19H19NO4S. The predicted molar refractivity (Wildman–Crippen MR) is 95.9 cm³/mol. The number of amides is 1. The van der Waals surface area contributed by atoms with Crippen molar-refractivity contribution in [3.05, 3.63) is 66.4 Å². The third-order valence-electron chi connectivity index (χ3n) is 3.95. The molecule has 2 aromatic carbocycles. The highest BCUT2D eigenvalue weighted by Crippen LogP contribution is 2.23. The summed E-state index contributed by atoms with van der Waals surface area (Å²) < 4.78 is 30.1. The van der Waals surface area contributed by atoms with E-state index < -0.39 is 9.84 Å². The van der Waals surface area contributed by atoms with Crippen LogP contribution in [0.4, 0.5) is 0 Å². The zero-order chi connectivity index (χ0) is 17.9. The highest BCUT2D eigenvalue weighted by Gasteiger charge is 2.18. The maximum absolute atomic E-state index is 12.2. The third kappa shape index (κ3) is 4.09. The fourth-order valence-electron chi connectivity index (χ4n) is 2.57. The molecule has 0 fully saturated rings. The van der Waals surface area contributed by atoms with Crippen molar-refractivity contribution in [2.24, 2.45) is 0 Å². The molecule has 1 aromatic heterocycles. The zero-order valence-electron chi connectivity index (χ0n) is 13.8. The molecule has 0 unspecified atom stereocenters. The summed E-state index contributed by atoms with van der Waals surface area (Å²) in [6, 6.07) is 17.3. The lowest BCUT2D eigenvalue weighted by atomic mass is 10.2. The standard InChI is InChI=1S/C19H19NO4S/c1-14(18-13-15-7-5-6-10-17(15)24-18)20-19(21)11-12-25(22,23)16-8-3-2-4-9-16/h2-10,13-14H,11-12H2,1H3,(H,20,21)/t14-/m0/s1. The van der Waals surface area contributed by atoms with E-state index in [9.17, 15) is 13.2 Å². The number of para-hydroxylation sites is 1. The molecule has 0 saturated carbocycles. The van der Waals surface area contributed by atoms with Gasteiger partial charge < -0.3 is 9.73 Å². The summed E-state index contributed by atoms with van der Waals surface area (Å²) >= 11 is 0. The van der Waals surface area contributed by atoms with Crippen LogP contribution in [0, 0.1) is 0 Å². The Morgan fingerprint density at radius 3 is 2.48 bits per heavy atom. The van der Waals surface area contributed by atoms with Gasteiger partial charge in [-0.2, -0.15) is 0 Å². The Bertz CT molecular complexity index is 944.